The maximum atomic E-state index is 6.16. The monoisotopic (exact) mass is 300 g/mol. The Hall–Kier alpha value is -2.07. The number of fused-ring (bicyclic) bond motifs is 1. The molecular weight excluding hydrogens is 284 g/mol. The van der Waals surface area contributed by atoms with E-state index in [1.807, 2.05) is 28.9 Å². The molecule has 0 aliphatic carbocycles. The highest BCUT2D eigenvalue weighted by atomic mass is 35.5. The predicted molar refractivity (Wildman–Crippen MR) is 87.4 cm³/mol. The van der Waals surface area contributed by atoms with E-state index >= 15 is 0 Å². The fourth-order valence-corrected chi connectivity index (χ4v) is 2.47. The molecule has 2 N–H and O–H groups in total. The van der Waals surface area contributed by atoms with Gasteiger partial charge in [-0.25, -0.2) is 9.67 Å². The number of halogens is 1. The number of rotatable bonds is 1. The Balaban J connectivity index is 2.35. The molecular formula is C16H17ClN4. The van der Waals surface area contributed by atoms with E-state index in [1.165, 1.54) is 0 Å². The molecule has 0 spiro atoms. The minimum absolute atomic E-state index is 0.177. The number of hydrogen-bond donors (Lipinski definition) is 1. The standard InChI is InChI=1S/C16H17ClN4/c1-16(2,3)21-15-13(12(18)8-9-19-15)14(20-21)10-4-6-11(17)7-5-10/h4-9H,1-3H3,(H2,18,19). The lowest BCUT2D eigenvalue weighted by atomic mass is 10.1. The number of nitrogens with two attached hydrogens (primary N) is 1. The Morgan fingerprint density at radius 2 is 1.76 bits per heavy atom. The Kier molecular flexibility index (Phi) is 3.14. The second kappa shape index (κ2) is 4.74. The molecule has 1 aromatic carbocycles. The number of pyridine rings is 1. The summed E-state index contributed by atoms with van der Waals surface area (Å²) in [7, 11) is 0. The van der Waals surface area contributed by atoms with Crippen LogP contribution in [0, 0.1) is 0 Å². The third kappa shape index (κ3) is 2.36. The minimum Gasteiger partial charge on any atom is -0.398 e. The lowest BCUT2D eigenvalue weighted by Gasteiger charge is -2.19. The van der Waals surface area contributed by atoms with Gasteiger partial charge in [-0.2, -0.15) is 5.10 Å². The molecule has 0 aliphatic heterocycles. The number of nitrogen functional groups attached to an aromatic ring is 1. The quantitative estimate of drug-likeness (QED) is 0.736. The maximum Gasteiger partial charge on any atom is 0.160 e. The van der Waals surface area contributed by atoms with Crippen molar-refractivity contribution in [2.24, 2.45) is 0 Å². The molecule has 0 fully saturated rings. The first-order valence-corrected chi connectivity index (χ1v) is 7.15. The van der Waals surface area contributed by atoms with Crippen molar-refractivity contribution in [2.75, 3.05) is 5.73 Å². The molecule has 0 aliphatic rings. The molecule has 0 saturated heterocycles. The van der Waals surface area contributed by atoms with Gasteiger partial charge in [-0.3, -0.25) is 0 Å². The minimum atomic E-state index is -0.177. The Bertz CT molecular complexity index is 797. The zero-order chi connectivity index (χ0) is 15.2. The molecule has 21 heavy (non-hydrogen) atoms. The van der Waals surface area contributed by atoms with Crippen molar-refractivity contribution in [1.82, 2.24) is 14.8 Å². The van der Waals surface area contributed by atoms with Gasteiger partial charge in [0.05, 0.1) is 10.9 Å². The molecule has 0 atom stereocenters. The first-order valence-electron chi connectivity index (χ1n) is 6.77. The third-order valence-electron chi connectivity index (χ3n) is 3.35. The summed E-state index contributed by atoms with van der Waals surface area (Å²) in [5.74, 6) is 0. The molecule has 0 amide bonds. The van der Waals surface area contributed by atoms with Crippen molar-refractivity contribution in [1.29, 1.82) is 0 Å². The van der Waals surface area contributed by atoms with Gasteiger partial charge in [-0.05, 0) is 39.0 Å². The fourth-order valence-electron chi connectivity index (χ4n) is 2.34. The zero-order valence-electron chi connectivity index (χ0n) is 12.3. The van der Waals surface area contributed by atoms with Crippen LogP contribution in [0.3, 0.4) is 0 Å². The molecule has 4 nitrogen and oxygen atoms in total. The van der Waals surface area contributed by atoms with E-state index < -0.39 is 0 Å². The number of anilines is 1. The van der Waals surface area contributed by atoms with Gasteiger partial charge >= 0.3 is 0 Å². The van der Waals surface area contributed by atoms with E-state index in [1.54, 1.807) is 12.3 Å². The van der Waals surface area contributed by atoms with Crippen molar-refractivity contribution >= 4 is 28.3 Å². The number of benzene rings is 1. The Morgan fingerprint density at radius 3 is 2.38 bits per heavy atom. The second-order valence-corrected chi connectivity index (χ2v) is 6.47. The fraction of sp³-hybridized carbons (Fsp3) is 0.250. The smallest absolute Gasteiger partial charge is 0.160 e. The lowest BCUT2D eigenvalue weighted by Crippen LogP contribution is -2.23. The summed E-state index contributed by atoms with van der Waals surface area (Å²) in [6.45, 7) is 6.28. The van der Waals surface area contributed by atoms with Crippen LogP contribution in [-0.4, -0.2) is 14.8 Å². The van der Waals surface area contributed by atoms with Gasteiger partial charge < -0.3 is 5.73 Å². The van der Waals surface area contributed by atoms with Gasteiger partial charge in [0, 0.05) is 22.5 Å². The van der Waals surface area contributed by atoms with Crippen LogP contribution in [0.1, 0.15) is 20.8 Å². The Morgan fingerprint density at radius 1 is 1.10 bits per heavy atom. The summed E-state index contributed by atoms with van der Waals surface area (Å²) in [4.78, 5) is 4.47. The van der Waals surface area contributed by atoms with Gasteiger partial charge in [0.25, 0.3) is 0 Å². The number of nitrogens with zero attached hydrogens (tertiary/aromatic N) is 3. The molecule has 0 unspecified atom stereocenters. The van der Waals surface area contributed by atoms with Crippen LogP contribution in [0.4, 0.5) is 5.69 Å². The molecule has 0 bridgehead atoms. The van der Waals surface area contributed by atoms with Crippen molar-refractivity contribution in [3.63, 3.8) is 0 Å². The van der Waals surface area contributed by atoms with E-state index in [-0.39, 0.29) is 5.54 Å². The molecule has 2 heterocycles. The predicted octanol–water partition coefficient (Wildman–Crippen LogP) is 4.09. The second-order valence-electron chi connectivity index (χ2n) is 6.04. The zero-order valence-corrected chi connectivity index (χ0v) is 13.0. The highest BCUT2D eigenvalue weighted by Gasteiger charge is 2.23. The number of hydrogen-bond acceptors (Lipinski definition) is 3. The van der Waals surface area contributed by atoms with Crippen LogP contribution < -0.4 is 5.73 Å². The molecule has 5 heteroatoms. The van der Waals surface area contributed by atoms with E-state index in [9.17, 15) is 0 Å². The lowest BCUT2D eigenvalue weighted by molar-refractivity contribution is 0.367. The number of aromatic nitrogens is 3. The highest BCUT2D eigenvalue weighted by molar-refractivity contribution is 6.30. The first kappa shape index (κ1) is 13.9. The SMILES string of the molecule is CC(C)(C)n1nc(-c2ccc(Cl)cc2)c2c(N)ccnc21. The average Bonchev–Trinajstić information content (AvgIpc) is 2.80. The first-order chi connectivity index (χ1) is 9.88. The van der Waals surface area contributed by atoms with E-state index in [0.29, 0.717) is 10.7 Å². The van der Waals surface area contributed by atoms with Crippen LogP contribution in [0.2, 0.25) is 5.02 Å². The molecule has 3 aromatic rings. The van der Waals surface area contributed by atoms with Crippen LogP contribution >= 0.6 is 11.6 Å². The molecule has 2 aromatic heterocycles. The third-order valence-corrected chi connectivity index (χ3v) is 3.61. The van der Waals surface area contributed by atoms with Crippen molar-refractivity contribution in [3.8, 4) is 11.3 Å². The molecule has 0 saturated carbocycles. The van der Waals surface area contributed by atoms with Gasteiger partial charge in [-0.1, -0.05) is 23.7 Å². The van der Waals surface area contributed by atoms with Crippen LogP contribution in [0.25, 0.3) is 22.3 Å². The van der Waals surface area contributed by atoms with Crippen LogP contribution in [0.15, 0.2) is 36.5 Å². The van der Waals surface area contributed by atoms with Gasteiger partial charge in [0.2, 0.25) is 0 Å². The summed E-state index contributed by atoms with van der Waals surface area (Å²) in [6.07, 6.45) is 1.72. The summed E-state index contributed by atoms with van der Waals surface area (Å²) in [5.41, 5.74) is 9.28. The average molecular weight is 301 g/mol. The maximum absolute atomic E-state index is 6.16. The molecule has 108 valence electrons. The summed E-state index contributed by atoms with van der Waals surface area (Å²) >= 11 is 5.96. The van der Waals surface area contributed by atoms with Crippen LogP contribution in [0.5, 0.6) is 0 Å². The summed E-state index contributed by atoms with van der Waals surface area (Å²) in [6, 6.07) is 9.40. The van der Waals surface area contributed by atoms with Gasteiger partial charge in [0.15, 0.2) is 5.65 Å². The van der Waals surface area contributed by atoms with E-state index in [2.05, 4.69) is 25.8 Å². The van der Waals surface area contributed by atoms with Crippen molar-refractivity contribution < 1.29 is 0 Å². The normalized spacial score (nSPS) is 12.0. The van der Waals surface area contributed by atoms with Crippen molar-refractivity contribution in [2.45, 2.75) is 26.3 Å². The Labute approximate surface area is 128 Å². The molecule has 0 radical (unpaired) electrons. The van der Waals surface area contributed by atoms with Crippen molar-refractivity contribution in [3.05, 3.63) is 41.6 Å². The van der Waals surface area contributed by atoms with Gasteiger partial charge in [-0.15, -0.1) is 0 Å². The van der Waals surface area contributed by atoms with Gasteiger partial charge in [0.1, 0.15) is 5.69 Å². The molecule has 3 rings (SSSR count). The topological polar surface area (TPSA) is 56.7 Å². The van der Waals surface area contributed by atoms with E-state index in [0.717, 1.165) is 22.3 Å². The van der Waals surface area contributed by atoms with E-state index in [4.69, 9.17) is 22.4 Å². The summed E-state index contributed by atoms with van der Waals surface area (Å²) < 4.78 is 1.92. The van der Waals surface area contributed by atoms with Crippen LogP contribution in [-0.2, 0) is 5.54 Å². The summed E-state index contributed by atoms with van der Waals surface area (Å²) in [5, 5.41) is 6.33. The largest absolute Gasteiger partial charge is 0.398 e. The highest BCUT2D eigenvalue weighted by Crippen LogP contribution is 2.33.